The van der Waals surface area contributed by atoms with Crippen LogP contribution < -0.4 is 5.32 Å². The fraction of sp³-hybridized carbons (Fsp3) is 0.533. The lowest BCUT2D eigenvalue weighted by molar-refractivity contribution is -0.146. The lowest BCUT2D eigenvalue weighted by Crippen LogP contribution is -2.35. The van der Waals surface area contributed by atoms with Crippen LogP contribution in [0.5, 0.6) is 0 Å². The van der Waals surface area contributed by atoms with Crippen LogP contribution in [-0.4, -0.2) is 31.8 Å². The quantitative estimate of drug-likeness (QED) is 0.793. The Kier molecular flexibility index (Phi) is 6.14. The molecule has 0 bridgehead atoms. The van der Waals surface area contributed by atoms with Crippen LogP contribution in [0.4, 0.5) is 4.39 Å². The number of hydrogen-bond donors (Lipinski definition) is 1. The highest BCUT2D eigenvalue weighted by Crippen LogP contribution is 2.23. The fourth-order valence-electron chi connectivity index (χ4n) is 2.31. The Morgan fingerprint density at radius 1 is 1.62 bits per heavy atom. The van der Waals surface area contributed by atoms with E-state index in [1.165, 1.54) is 6.07 Å². The van der Waals surface area contributed by atoms with Gasteiger partial charge in [-0.3, -0.25) is 5.32 Å². The molecule has 0 radical (unpaired) electrons. The van der Waals surface area contributed by atoms with Gasteiger partial charge in [-0.25, -0.2) is 9.18 Å². The highest BCUT2D eigenvalue weighted by atomic mass is 79.9. The van der Waals surface area contributed by atoms with Gasteiger partial charge < -0.3 is 9.47 Å². The smallest absolute Gasteiger partial charge is 0.327 e. The van der Waals surface area contributed by atoms with Gasteiger partial charge in [0.1, 0.15) is 11.9 Å². The second-order valence-corrected chi connectivity index (χ2v) is 5.76. The molecule has 2 atom stereocenters. The summed E-state index contributed by atoms with van der Waals surface area (Å²) in [5.74, 6) is -0.727. The number of carbonyl (C=O) groups is 1. The minimum Gasteiger partial charge on any atom is -0.465 e. The van der Waals surface area contributed by atoms with Crippen molar-refractivity contribution in [1.82, 2.24) is 5.32 Å². The second-order valence-electron chi connectivity index (χ2n) is 4.90. The molecule has 1 aromatic rings. The summed E-state index contributed by atoms with van der Waals surface area (Å²) in [7, 11) is 0. The summed E-state index contributed by atoms with van der Waals surface area (Å²) in [6.07, 6.45) is 2.14. The molecule has 6 heteroatoms. The summed E-state index contributed by atoms with van der Waals surface area (Å²) in [5.41, 5.74) is 0.666. The van der Waals surface area contributed by atoms with Crippen molar-refractivity contribution in [2.24, 2.45) is 0 Å². The van der Waals surface area contributed by atoms with E-state index < -0.39 is 6.04 Å². The summed E-state index contributed by atoms with van der Waals surface area (Å²) in [6, 6.07) is 3.90. The molecule has 1 aliphatic rings. The topological polar surface area (TPSA) is 47.6 Å². The molecule has 0 aromatic heterocycles. The molecule has 1 aromatic carbocycles. The fourth-order valence-corrected chi connectivity index (χ4v) is 2.71. The minimum absolute atomic E-state index is 0.116. The van der Waals surface area contributed by atoms with Crippen molar-refractivity contribution in [3.05, 3.63) is 34.1 Å². The zero-order valence-electron chi connectivity index (χ0n) is 11.9. The van der Waals surface area contributed by atoms with Crippen molar-refractivity contribution >= 4 is 21.9 Å². The number of esters is 1. The molecule has 1 fully saturated rings. The number of halogens is 2. The Morgan fingerprint density at radius 2 is 2.43 bits per heavy atom. The Bertz CT molecular complexity index is 492. The van der Waals surface area contributed by atoms with Crippen molar-refractivity contribution in [2.75, 3.05) is 19.8 Å². The molecular weight excluding hydrogens is 341 g/mol. The molecule has 116 valence electrons. The summed E-state index contributed by atoms with van der Waals surface area (Å²) in [5, 5.41) is 3.17. The summed E-state index contributed by atoms with van der Waals surface area (Å²) in [6.45, 7) is 3.39. The summed E-state index contributed by atoms with van der Waals surface area (Å²) < 4.78 is 24.3. The average Bonchev–Trinajstić information content (AvgIpc) is 2.96. The maximum absolute atomic E-state index is 13.3. The predicted octanol–water partition coefficient (Wildman–Crippen LogP) is 2.96. The predicted molar refractivity (Wildman–Crippen MR) is 80.5 cm³/mol. The standard InChI is InChI=1S/C15H19BrFNO3/c1-2-20-15(19)14(18-9-11-4-3-7-21-11)10-5-6-13(17)12(16)8-10/h5-6,8,11,14,18H,2-4,7,9H2,1H3. The third-order valence-electron chi connectivity index (χ3n) is 3.37. The van der Waals surface area contributed by atoms with E-state index in [-0.39, 0.29) is 17.9 Å². The number of rotatable bonds is 6. The van der Waals surface area contributed by atoms with Crippen LogP contribution >= 0.6 is 15.9 Å². The molecule has 0 amide bonds. The van der Waals surface area contributed by atoms with E-state index in [1.807, 2.05) is 0 Å². The number of benzene rings is 1. The van der Waals surface area contributed by atoms with Crippen LogP contribution in [0.25, 0.3) is 0 Å². The normalized spacial score (nSPS) is 19.5. The SMILES string of the molecule is CCOC(=O)C(NCC1CCCO1)c1ccc(F)c(Br)c1. The number of hydrogen-bond acceptors (Lipinski definition) is 4. The maximum Gasteiger partial charge on any atom is 0.327 e. The Labute approximate surface area is 132 Å². The van der Waals surface area contributed by atoms with Gasteiger partial charge in [-0.2, -0.15) is 0 Å². The van der Waals surface area contributed by atoms with Crippen LogP contribution in [-0.2, 0) is 14.3 Å². The van der Waals surface area contributed by atoms with Gasteiger partial charge in [0.15, 0.2) is 0 Å². The molecule has 1 heterocycles. The minimum atomic E-state index is -0.619. The highest BCUT2D eigenvalue weighted by molar-refractivity contribution is 9.10. The third-order valence-corrected chi connectivity index (χ3v) is 3.98. The third kappa shape index (κ3) is 4.49. The van der Waals surface area contributed by atoms with Gasteiger partial charge in [0.25, 0.3) is 0 Å². The van der Waals surface area contributed by atoms with Gasteiger partial charge in [-0.15, -0.1) is 0 Å². The van der Waals surface area contributed by atoms with E-state index in [9.17, 15) is 9.18 Å². The molecular formula is C15H19BrFNO3. The van der Waals surface area contributed by atoms with E-state index in [1.54, 1.807) is 19.1 Å². The van der Waals surface area contributed by atoms with Gasteiger partial charge in [-0.1, -0.05) is 6.07 Å². The summed E-state index contributed by atoms with van der Waals surface area (Å²) in [4.78, 5) is 12.1. The second kappa shape index (κ2) is 7.87. The Hall–Kier alpha value is -0.980. The number of ether oxygens (including phenoxy) is 2. The first kappa shape index (κ1) is 16.4. The van der Waals surface area contributed by atoms with Crippen molar-refractivity contribution in [1.29, 1.82) is 0 Å². The van der Waals surface area contributed by atoms with Crippen LogP contribution in [0.15, 0.2) is 22.7 Å². The molecule has 1 N–H and O–H groups in total. The van der Waals surface area contributed by atoms with E-state index in [4.69, 9.17) is 9.47 Å². The van der Waals surface area contributed by atoms with Crippen molar-refractivity contribution in [2.45, 2.75) is 31.9 Å². The molecule has 21 heavy (non-hydrogen) atoms. The van der Waals surface area contributed by atoms with Gasteiger partial charge in [0.2, 0.25) is 0 Å². The van der Waals surface area contributed by atoms with Crippen LogP contribution in [0.3, 0.4) is 0 Å². The number of carbonyl (C=O) groups excluding carboxylic acids is 1. The maximum atomic E-state index is 13.3. The zero-order valence-corrected chi connectivity index (χ0v) is 13.5. The molecule has 4 nitrogen and oxygen atoms in total. The van der Waals surface area contributed by atoms with Crippen molar-refractivity contribution < 1.29 is 18.7 Å². The lowest BCUT2D eigenvalue weighted by Gasteiger charge is -2.20. The molecule has 2 rings (SSSR count). The average molecular weight is 360 g/mol. The largest absolute Gasteiger partial charge is 0.465 e. The molecule has 1 aliphatic heterocycles. The first-order valence-corrected chi connectivity index (χ1v) is 7.87. The zero-order chi connectivity index (χ0) is 15.2. The van der Waals surface area contributed by atoms with Crippen molar-refractivity contribution in [3.8, 4) is 0 Å². The molecule has 1 saturated heterocycles. The van der Waals surface area contributed by atoms with E-state index in [0.29, 0.717) is 23.2 Å². The molecule has 2 unspecified atom stereocenters. The lowest BCUT2D eigenvalue weighted by atomic mass is 10.1. The Morgan fingerprint density at radius 3 is 3.05 bits per heavy atom. The monoisotopic (exact) mass is 359 g/mol. The highest BCUT2D eigenvalue weighted by Gasteiger charge is 2.25. The van der Waals surface area contributed by atoms with E-state index in [0.717, 1.165) is 19.4 Å². The van der Waals surface area contributed by atoms with Crippen LogP contribution in [0, 0.1) is 5.82 Å². The van der Waals surface area contributed by atoms with Gasteiger partial charge >= 0.3 is 5.97 Å². The van der Waals surface area contributed by atoms with Gasteiger partial charge in [-0.05, 0) is 53.4 Å². The first-order chi connectivity index (χ1) is 10.1. The summed E-state index contributed by atoms with van der Waals surface area (Å²) >= 11 is 3.14. The molecule has 0 aliphatic carbocycles. The van der Waals surface area contributed by atoms with Gasteiger partial charge in [0, 0.05) is 13.2 Å². The molecule has 0 saturated carbocycles. The van der Waals surface area contributed by atoms with Crippen molar-refractivity contribution in [3.63, 3.8) is 0 Å². The van der Waals surface area contributed by atoms with E-state index in [2.05, 4.69) is 21.2 Å². The van der Waals surface area contributed by atoms with Gasteiger partial charge in [0.05, 0.1) is 17.2 Å². The van der Waals surface area contributed by atoms with E-state index >= 15 is 0 Å². The molecule has 0 spiro atoms. The first-order valence-electron chi connectivity index (χ1n) is 7.08. The Balaban J connectivity index is 2.09. The van der Waals surface area contributed by atoms with Crippen LogP contribution in [0.2, 0.25) is 0 Å². The van der Waals surface area contributed by atoms with Crippen LogP contribution in [0.1, 0.15) is 31.4 Å². The number of nitrogens with one attached hydrogen (secondary N) is 1.